The third-order valence-corrected chi connectivity index (χ3v) is 23.9. The van der Waals surface area contributed by atoms with Crippen LogP contribution in [0.4, 0.5) is 0 Å². The zero-order valence-corrected chi connectivity index (χ0v) is 74.1. The lowest BCUT2D eigenvalue weighted by Crippen LogP contribution is -2.48. The number of nitrogens with one attached hydrogen (secondary N) is 6. The molecule has 0 saturated heterocycles. The molecule has 2 saturated carbocycles. The van der Waals surface area contributed by atoms with Crippen molar-refractivity contribution in [1.29, 1.82) is 0 Å². The predicted octanol–water partition coefficient (Wildman–Crippen LogP) is 14.4. The summed E-state index contributed by atoms with van der Waals surface area (Å²) in [5, 5.41) is 65.7. The molecule has 27 heteroatoms. The standard InChI is InChI=1S/C95H138N12O15/c1-12-64(7)61-106-79(54-75(103-106)93(114)99-69(47-44-66-30-19-16-20-31-66)52-87(111)96-57-71(108)15-4)90-83(119-10)40-26-42-85(90)121-50-28-36-72(109)58-97-88(112)53-70(48-45-67-32-21-17-22-33-67)100-94(115)76-55-80(107(104-76)62-65(13-2)14-3)91-84(120-11)41-27-43-86(91)122-51-29-37-73(110)59-98-92(113)74(49-46-68-34-23-18-24-35-68)101-95(116)77-56-78(105(102-77)60-63(5)6)89-81(117-8)38-25-39-82(89)118-9/h18,23-27,34-35,38-43,54-56,63-67,69-74,108-110H,12-17,19-22,28-33,36-37,44-53,57-62H2,1-11H3,(H,96,111)(H,97,112)(H,98,113)(H,99,114)(H,100,115)(H,101,116)/t64?,69-,70-,71?,72?,73?,74-/m0/s1. The molecule has 0 aliphatic heterocycles. The number of ether oxygens (including phenoxy) is 6. The highest BCUT2D eigenvalue weighted by atomic mass is 16.5. The topological polar surface area (TPSA) is 344 Å². The molecule has 0 spiro atoms. The molecule has 0 bridgehead atoms. The predicted molar refractivity (Wildman–Crippen MR) is 474 cm³/mol. The summed E-state index contributed by atoms with van der Waals surface area (Å²) in [4.78, 5) is 85.0. The summed E-state index contributed by atoms with van der Waals surface area (Å²) in [6.45, 7) is 16.3. The summed E-state index contributed by atoms with van der Waals surface area (Å²) < 4.78 is 42.0. The number of hydrogen-bond acceptors (Lipinski definition) is 18. The Bertz CT molecular complexity index is 4370. The van der Waals surface area contributed by atoms with Crippen molar-refractivity contribution in [3.63, 3.8) is 0 Å². The molecular formula is C95H138N12O15. The Kier molecular flexibility index (Phi) is 39.2. The van der Waals surface area contributed by atoms with E-state index in [0.29, 0.717) is 145 Å². The first-order valence-corrected chi connectivity index (χ1v) is 44.9. The van der Waals surface area contributed by atoms with Crippen molar-refractivity contribution in [2.24, 2.45) is 29.6 Å². The third-order valence-electron chi connectivity index (χ3n) is 23.9. The van der Waals surface area contributed by atoms with Gasteiger partial charge in [-0.25, -0.2) is 0 Å². The van der Waals surface area contributed by atoms with Crippen molar-refractivity contribution in [3.05, 3.63) is 126 Å². The van der Waals surface area contributed by atoms with Gasteiger partial charge in [-0.15, -0.1) is 0 Å². The Morgan fingerprint density at radius 1 is 0.443 bits per heavy atom. The maximum Gasteiger partial charge on any atom is 0.272 e. The number of aliphatic hydroxyl groups excluding tert-OH is 3. The third kappa shape index (κ3) is 29.1. The maximum absolute atomic E-state index is 14.8. The van der Waals surface area contributed by atoms with Gasteiger partial charge in [0.1, 0.15) is 40.5 Å². The summed E-state index contributed by atoms with van der Waals surface area (Å²) in [6.07, 6.45) is 17.2. The molecule has 3 heterocycles. The quantitative estimate of drug-likeness (QED) is 0.0160. The van der Waals surface area contributed by atoms with E-state index in [4.69, 9.17) is 43.7 Å². The first-order valence-electron chi connectivity index (χ1n) is 44.9. The van der Waals surface area contributed by atoms with Crippen LogP contribution in [-0.2, 0) is 40.4 Å². The van der Waals surface area contributed by atoms with Gasteiger partial charge in [-0.3, -0.25) is 42.8 Å². The number of rotatable bonds is 53. The Labute approximate surface area is 722 Å². The number of hydrogen-bond donors (Lipinski definition) is 9. The fraction of sp³-hybridized carbons (Fsp3) is 0.589. The fourth-order valence-corrected chi connectivity index (χ4v) is 16.4. The Morgan fingerprint density at radius 3 is 1.26 bits per heavy atom. The highest BCUT2D eigenvalue weighted by molar-refractivity contribution is 5.98. The highest BCUT2D eigenvalue weighted by Gasteiger charge is 2.32. The highest BCUT2D eigenvalue weighted by Crippen LogP contribution is 2.43. The van der Waals surface area contributed by atoms with Crippen molar-refractivity contribution in [2.75, 3.05) is 61.3 Å². The van der Waals surface area contributed by atoms with E-state index >= 15 is 0 Å². The molecule has 4 unspecified atom stereocenters. The number of carbonyl (C=O) groups excluding carboxylic acids is 6. The molecule has 9 rings (SSSR count). The van der Waals surface area contributed by atoms with Crippen LogP contribution in [0.3, 0.4) is 0 Å². The summed E-state index contributed by atoms with van der Waals surface area (Å²) >= 11 is 0. The van der Waals surface area contributed by atoms with Crippen LogP contribution in [0.25, 0.3) is 33.8 Å². The summed E-state index contributed by atoms with van der Waals surface area (Å²) in [6, 6.07) is 29.4. The van der Waals surface area contributed by atoms with Crippen LogP contribution >= 0.6 is 0 Å². The van der Waals surface area contributed by atoms with Gasteiger partial charge in [-0.2, -0.15) is 15.3 Å². The Morgan fingerprint density at radius 2 is 0.844 bits per heavy atom. The molecule has 7 atom stereocenters. The van der Waals surface area contributed by atoms with Crippen LogP contribution < -0.4 is 60.3 Å². The monoisotopic (exact) mass is 1690 g/mol. The molecule has 4 aromatic carbocycles. The number of carbonyl (C=O) groups is 6. The van der Waals surface area contributed by atoms with Gasteiger partial charge in [0.2, 0.25) is 17.7 Å². The van der Waals surface area contributed by atoms with Gasteiger partial charge in [0.05, 0.1) is 93.7 Å². The molecule has 0 radical (unpaired) electrons. The van der Waals surface area contributed by atoms with E-state index in [2.05, 4.69) is 73.4 Å². The number of amides is 6. The van der Waals surface area contributed by atoms with Crippen LogP contribution in [-0.4, -0.2) is 178 Å². The van der Waals surface area contributed by atoms with E-state index in [1.54, 1.807) is 51.3 Å². The van der Waals surface area contributed by atoms with E-state index in [9.17, 15) is 44.1 Å². The molecule has 9 N–H and O–H groups in total. The first-order chi connectivity index (χ1) is 59.0. The molecule has 27 nitrogen and oxygen atoms in total. The minimum Gasteiger partial charge on any atom is -0.496 e. The summed E-state index contributed by atoms with van der Waals surface area (Å²) in [7, 11) is 6.30. The number of benzene rings is 4. The van der Waals surface area contributed by atoms with E-state index in [0.717, 1.165) is 76.2 Å². The minimum absolute atomic E-state index is 0.0232. The second-order valence-corrected chi connectivity index (χ2v) is 33.8. The number of aryl methyl sites for hydroxylation is 1. The van der Waals surface area contributed by atoms with Crippen LogP contribution in [0, 0.1) is 29.6 Å². The molecule has 2 aliphatic carbocycles. The molecule has 3 aromatic heterocycles. The molecule has 6 amide bonds. The molecule has 668 valence electrons. The van der Waals surface area contributed by atoms with Gasteiger partial charge in [0, 0.05) is 64.2 Å². The lowest BCUT2D eigenvalue weighted by Gasteiger charge is -2.25. The number of aromatic nitrogens is 6. The van der Waals surface area contributed by atoms with Gasteiger partial charge in [-0.05, 0) is 160 Å². The zero-order valence-electron chi connectivity index (χ0n) is 74.1. The van der Waals surface area contributed by atoms with Gasteiger partial charge >= 0.3 is 0 Å². The van der Waals surface area contributed by atoms with Crippen LogP contribution in [0.2, 0.25) is 0 Å². The largest absolute Gasteiger partial charge is 0.496 e. The van der Waals surface area contributed by atoms with E-state index in [1.165, 1.54) is 25.7 Å². The number of nitrogens with zero attached hydrogens (tertiary/aromatic N) is 6. The average molecular weight is 1690 g/mol. The number of aliphatic hydroxyl groups is 3. The second kappa shape index (κ2) is 49.9. The molecule has 2 fully saturated rings. The molecule has 122 heavy (non-hydrogen) atoms. The lowest BCUT2D eigenvalue weighted by atomic mass is 9.85. The van der Waals surface area contributed by atoms with Crippen molar-refractivity contribution in [1.82, 2.24) is 61.2 Å². The van der Waals surface area contributed by atoms with E-state index < -0.39 is 60.1 Å². The van der Waals surface area contributed by atoms with Gasteiger partial charge in [-0.1, -0.05) is 180 Å². The van der Waals surface area contributed by atoms with E-state index in [-0.39, 0.29) is 105 Å². The van der Waals surface area contributed by atoms with Crippen molar-refractivity contribution in [3.8, 4) is 68.3 Å². The first kappa shape index (κ1) is 95.8. The molecule has 2 aliphatic rings. The van der Waals surface area contributed by atoms with Crippen LogP contribution in [0.1, 0.15) is 246 Å². The van der Waals surface area contributed by atoms with Crippen LogP contribution in [0.5, 0.6) is 34.5 Å². The minimum atomic E-state index is -0.981. The average Bonchev–Trinajstić information content (AvgIpc) is 1.66. The fourth-order valence-electron chi connectivity index (χ4n) is 16.4. The number of methoxy groups -OCH3 is 4. The lowest BCUT2D eigenvalue weighted by molar-refractivity contribution is -0.124. The van der Waals surface area contributed by atoms with Gasteiger partial charge in [0.15, 0.2) is 17.1 Å². The van der Waals surface area contributed by atoms with Crippen molar-refractivity contribution >= 4 is 35.4 Å². The smallest absolute Gasteiger partial charge is 0.272 e. The normalized spacial score (nSPS) is 15.0. The van der Waals surface area contributed by atoms with E-state index in [1.807, 2.05) is 101 Å². The Hall–Kier alpha value is -9.99. The molecule has 7 aromatic rings. The van der Waals surface area contributed by atoms with Crippen molar-refractivity contribution in [2.45, 2.75) is 271 Å². The zero-order chi connectivity index (χ0) is 87.5. The van der Waals surface area contributed by atoms with Gasteiger partial charge < -0.3 is 75.6 Å². The van der Waals surface area contributed by atoms with Crippen molar-refractivity contribution < 1.29 is 72.5 Å². The molecular weight excluding hydrogens is 1550 g/mol. The maximum atomic E-state index is 14.8. The second-order valence-electron chi connectivity index (χ2n) is 33.8. The van der Waals surface area contributed by atoms with Crippen LogP contribution in [0.15, 0.2) is 103 Å². The Balaban J connectivity index is 0.822. The summed E-state index contributed by atoms with van der Waals surface area (Å²) in [5.74, 6) is 2.27. The SMILES string of the molecule is CCC(C)Cn1nc(C(=O)N[C@@H](CCC2CCCCC2)CC(=O)NCC(O)CC)cc1-c1c(OC)cccc1OCCCC(O)CNC(=O)C[C@H](CCC1CCCCC1)NC(=O)c1cc(-c2c(OC)cccc2OCCCC(O)CNC(=O)[C@H](CCc2ccccc2)NC(=O)c2cc(-c3c(OC)cccc3OC)n(CC(C)C)n2)n(CC(CC)CC)n1. The van der Waals surface area contributed by atoms with Gasteiger partial charge in [0.25, 0.3) is 17.7 Å². The summed E-state index contributed by atoms with van der Waals surface area (Å²) in [5.41, 5.74) is 5.14.